The van der Waals surface area contributed by atoms with Gasteiger partial charge in [0.1, 0.15) is 23.1 Å². The predicted molar refractivity (Wildman–Crippen MR) is 216 cm³/mol. The van der Waals surface area contributed by atoms with Gasteiger partial charge < -0.3 is 0 Å². The Hall–Kier alpha value is -8.12. The number of anilines is 4. The van der Waals surface area contributed by atoms with E-state index in [4.69, 9.17) is 34.9 Å². The number of pyridine rings is 2. The minimum Gasteiger partial charge on any atom is -0.296 e. The van der Waals surface area contributed by atoms with E-state index in [2.05, 4.69) is 4.98 Å². The number of nitrogens with zero attached hydrogens (tertiary/aromatic N) is 10. The van der Waals surface area contributed by atoms with Crippen LogP contribution in [-0.2, 0) is 0 Å². The van der Waals surface area contributed by atoms with E-state index in [0.717, 1.165) is 22.3 Å². The Labute approximate surface area is 320 Å². The van der Waals surface area contributed by atoms with Crippen LogP contribution in [0, 0.1) is 10.8 Å². The third kappa shape index (κ3) is 5.48. The van der Waals surface area contributed by atoms with E-state index in [1.807, 2.05) is 146 Å². The molecule has 0 fully saturated rings. The number of amidine groups is 1. The van der Waals surface area contributed by atoms with Gasteiger partial charge in [0.15, 0.2) is 23.3 Å². The van der Waals surface area contributed by atoms with Crippen LogP contribution in [0.3, 0.4) is 0 Å². The lowest BCUT2D eigenvalue weighted by atomic mass is 10.0. The van der Waals surface area contributed by atoms with Crippen LogP contribution >= 0.6 is 0 Å². The van der Waals surface area contributed by atoms with Crippen LogP contribution < -0.4 is 9.80 Å². The molecule has 6 heterocycles. The summed E-state index contributed by atoms with van der Waals surface area (Å²) in [6.45, 7) is 0. The molecule has 12 heteroatoms. The average Bonchev–Trinajstić information content (AvgIpc) is 3.73. The molecule has 12 nitrogen and oxygen atoms in total. The maximum Gasteiger partial charge on any atom is 0.241 e. The van der Waals surface area contributed by atoms with Crippen LogP contribution in [0.2, 0.25) is 0 Å². The van der Waals surface area contributed by atoms with Crippen LogP contribution in [-0.4, -0.2) is 51.4 Å². The SMILES string of the molecule is N=C1/C(=C2\C(=N)N(c3nc(-c4ccccc4)nc(-c4ccccc4)n3)c3ncccc32)N(c2nc(-c3ccccc3)nc(-c3ccccc3)n2)c2cccnc21. The maximum absolute atomic E-state index is 9.94. The molecular formula is C44H28N12. The fraction of sp³-hybridized carbons (Fsp3) is 0. The second-order valence-corrected chi connectivity index (χ2v) is 12.9. The molecule has 0 atom stereocenters. The molecule has 0 radical (unpaired) electrons. The van der Waals surface area contributed by atoms with Gasteiger partial charge in [0, 0.05) is 40.2 Å². The number of allylic oxidation sites excluding steroid dienone is 1. The molecule has 2 N–H and O–H groups in total. The van der Waals surface area contributed by atoms with Gasteiger partial charge in [0.05, 0.1) is 17.0 Å². The number of hydrogen-bond donors (Lipinski definition) is 2. The van der Waals surface area contributed by atoms with Crippen molar-refractivity contribution in [1.82, 2.24) is 39.9 Å². The Balaban J connectivity index is 1.20. The molecule has 4 aromatic heterocycles. The second kappa shape index (κ2) is 13.4. The van der Waals surface area contributed by atoms with E-state index < -0.39 is 0 Å². The molecule has 0 amide bonds. The maximum atomic E-state index is 9.94. The smallest absolute Gasteiger partial charge is 0.241 e. The number of aromatic nitrogens is 8. The van der Waals surface area contributed by atoms with Crippen LogP contribution in [0.25, 0.3) is 51.1 Å². The zero-order valence-electron chi connectivity index (χ0n) is 29.5. The summed E-state index contributed by atoms with van der Waals surface area (Å²) in [7, 11) is 0. The van der Waals surface area contributed by atoms with E-state index in [1.54, 1.807) is 22.2 Å². The quantitative estimate of drug-likeness (QED) is 0.170. The highest BCUT2D eigenvalue weighted by Gasteiger charge is 2.43. The van der Waals surface area contributed by atoms with Gasteiger partial charge >= 0.3 is 0 Å². The van der Waals surface area contributed by atoms with Gasteiger partial charge in [-0.3, -0.25) is 20.7 Å². The molecule has 0 aliphatic carbocycles. The summed E-state index contributed by atoms with van der Waals surface area (Å²) in [5.74, 6) is 2.74. The molecule has 0 bridgehead atoms. The molecule has 0 saturated carbocycles. The first-order valence-corrected chi connectivity index (χ1v) is 17.8. The van der Waals surface area contributed by atoms with Crippen molar-refractivity contribution in [2.24, 2.45) is 0 Å². The van der Waals surface area contributed by atoms with Gasteiger partial charge in [-0.2, -0.15) is 19.9 Å². The Bertz CT molecular complexity index is 2730. The molecule has 0 spiro atoms. The number of nitrogens with one attached hydrogen (secondary N) is 2. The highest BCUT2D eigenvalue weighted by Crippen LogP contribution is 2.47. The molecule has 56 heavy (non-hydrogen) atoms. The van der Waals surface area contributed by atoms with Gasteiger partial charge in [-0.15, -0.1) is 0 Å². The second-order valence-electron chi connectivity index (χ2n) is 12.9. The van der Waals surface area contributed by atoms with Crippen molar-refractivity contribution in [2.45, 2.75) is 0 Å². The summed E-state index contributed by atoms with van der Waals surface area (Å²) in [5.41, 5.74) is 5.71. The van der Waals surface area contributed by atoms with Crippen molar-refractivity contribution >= 4 is 40.5 Å². The van der Waals surface area contributed by atoms with Crippen LogP contribution in [0.15, 0.2) is 164 Å². The van der Waals surface area contributed by atoms with Crippen molar-refractivity contribution < 1.29 is 0 Å². The zero-order valence-corrected chi connectivity index (χ0v) is 29.5. The van der Waals surface area contributed by atoms with Gasteiger partial charge in [-0.05, 0) is 24.3 Å². The number of hydrogen-bond acceptors (Lipinski definition) is 11. The Morgan fingerprint density at radius 1 is 0.411 bits per heavy atom. The van der Waals surface area contributed by atoms with Crippen molar-refractivity contribution in [3.63, 3.8) is 0 Å². The number of rotatable bonds is 6. The highest BCUT2D eigenvalue weighted by molar-refractivity contribution is 6.42. The average molecular weight is 725 g/mol. The largest absolute Gasteiger partial charge is 0.296 e. The van der Waals surface area contributed by atoms with E-state index in [9.17, 15) is 10.8 Å². The fourth-order valence-corrected chi connectivity index (χ4v) is 6.90. The number of benzene rings is 4. The topological polar surface area (TPSA) is 157 Å². The van der Waals surface area contributed by atoms with Crippen molar-refractivity contribution in [3.05, 3.63) is 175 Å². The molecule has 8 aromatic rings. The third-order valence-electron chi connectivity index (χ3n) is 9.46. The lowest BCUT2D eigenvalue weighted by Gasteiger charge is -2.22. The molecular weight excluding hydrogens is 697 g/mol. The van der Waals surface area contributed by atoms with Crippen LogP contribution in [0.4, 0.5) is 23.4 Å². The van der Waals surface area contributed by atoms with E-state index in [-0.39, 0.29) is 23.4 Å². The molecule has 10 rings (SSSR count). The lowest BCUT2D eigenvalue weighted by Crippen LogP contribution is -2.27. The Morgan fingerprint density at radius 3 is 1.32 bits per heavy atom. The van der Waals surface area contributed by atoms with Crippen LogP contribution in [0.1, 0.15) is 11.3 Å². The molecule has 0 unspecified atom stereocenters. The minimum atomic E-state index is 0.0149. The first kappa shape index (κ1) is 32.5. The third-order valence-corrected chi connectivity index (χ3v) is 9.46. The lowest BCUT2D eigenvalue weighted by molar-refractivity contribution is 1.01. The van der Waals surface area contributed by atoms with Crippen molar-refractivity contribution in [1.29, 1.82) is 10.8 Å². The van der Waals surface area contributed by atoms with Gasteiger partial charge in [0.2, 0.25) is 11.9 Å². The van der Waals surface area contributed by atoms with E-state index in [1.165, 1.54) is 0 Å². The van der Waals surface area contributed by atoms with Gasteiger partial charge in [-0.1, -0.05) is 121 Å². The molecule has 2 aliphatic rings. The number of fused-ring (bicyclic) bond motifs is 2. The molecule has 4 aromatic carbocycles. The molecule has 0 saturated heterocycles. The zero-order chi connectivity index (χ0) is 37.6. The van der Waals surface area contributed by atoms with Gasteiger partial charge in [0.25, 0.3) is 0 Å². The predicted octanol–water partition coefficient (Wildman–Crippen LogP) is 8.57. The summed E-state index contributed by atoms with van der Waals surface area (Å²) in [5, 5.41) is 19.6. The summed E-state index contributed by atoms with van der Waals surface area (Å²) in [6.07, 6.45) is 3.32. The first-order valence-electron chi connectivity index (χ1n) is 17.8. The van der Waals surface area contributed by atoms with E-state index in [0.29, 0.717) is 57.3 Å². The summed E-state index contributed by atoms with van der Waals surface area (Å²) in [4.78, 5) is 42.5. The molecule has 264 valence electrons. The van der Waals surface area contributed by atoms with E-state index >= 15 is 0 Å². The van der Waals surface area contributed by atoms with Gasteiger partial charge in [-0.25, -0.2) is 19.9 Å². The van der Waals surface area contributed by atoms with Crippen LogP contribution in [0.5, 0.6) is 0 Å². The monoisotopic (exact) mass is 724 g/mol. The van der Waals surface area contributed by atoms with Crippen molar-refractivity contribution in [3.8, 4) is 45.6 Å². The normalized spacial score (nSPS) is 14.6. The summed E-state index contributed by atoms with van der Waals surface area (Å²) in [6, 6.07) is 46.1. The molecule has 2 aliphatic heterocycles. The Kier molecular flexibility index (Phi) is 7.77. The summed E-state index contributed by atoms with van der Waals surface area (Å²) >= 11 is 0. The van der Waals surface area contributed by atoms with Crippen molar-refractivity contribution in [2.75, 3.05) is 9.80 Å². The Morgan fingerprint density at radius 2 is 0.839 bits per heavy atom. The fourth-order valence-electron chi connectivity index (χ4n) is 6.90. The highest BCUT2D eigenvalue weighted by atomic mass is 15.4. The summed E-state index contributed by atoms with van der Waals surface area (Å²) < 4.78 is 0. The first-order chi connectivity index (χ1) is 27.6. The standard InChI is InChI=1S/C44H28N12/c45-34-35-32(24-14-25-47-35)55(43-51-38(27-15-5-1-6-16-27)49-39(52-43)28-17-7-2-8-18-28)36(34)33-31-23-13-26-48-42(31)56(37(33)46)44-53-40(29-19-9-3-10-20-29)50-41(54-44)30-21-11-4-12-22-30/h1-26,45-46H/b36-33+,45-34?,46-37?. The minimum absolute atomic E-state index is 0.0149.